The lowest BCUT2D eigenvalue weighted by atomic mass is 10.1. The van der Waals surface area contributed by atoms with Crippen molar-refractivity contribution in [3.8, 4) is 0 Å². The standard InChI is InChI=1S/C55H108OSi2/c1-7-13-19-25-31-37-43-57(44-38-32-26-20-14-8-2,45-39-33-27-21-15-9-3)54-49-53(52-56)50-55(51-54)58(46-40-34-28-22-16-10-4,47-41-35-29-23-17-11-5)48-42-36-30-24-18-12-6/h49-51,56H,7-48,52H2,1-6H3. The highest BCUT2D eigenvalue weighted by atomic mass is 28.3. The zero-order valence-electron chi connectivity index (χ0n) is 41.1. The normalized spacial score (nSPS) is 12.3. The summed E-state index contributed by atoms with van der Waals surface area (Å²) in [7, 11) is -3.57. The van der Waals surface area contributed by atoms with Crippen molar-refractivity contribution >= 4 is 26.5 Å². The molecule has 0 aliphatic carbocycles. The Hall–Kier alpha value is -0.386. The largest absolute Gasteiger partial charge is 0.392 e. The number of hydrogen-bond donors (Lipinski definition) is 1. The van der Waals surface area contributed by atoms with Crippen LogP contribution in [0.2, 0.25) is 36.3 Å². The van der Waals surface area contributed by atoms with Gasteiger partial charge in [0.15, 0.2) is 0 Å². The van der Waals surface area contributed by atoms with E-state index in [1.165, 1.54) is 273 Å². The monoisotopic (exact) mass is 841 g/mol. The summed E-state index contributed by atoms with van der Waals surface area (Å²) < 4.78 is 0. The third-order valence-corrected chi connectivity index (χ3v) is 25.3. The molecule has 0 aromatic heterocycles. The summed E-state index contributed by atoms with van der Waals surface area (Å²) in [6, 6.07) is 17.2. The molecular formula is C55H108OSi2. The Labute approximate surface area is 369 Å². The molecule has 0 spiro atoms. The Balaban J connectivity index is 3.77. The van der Waals surface area contributed by atoms with Crippen LogP contribution in [-0.4, -0.2) is 21.3 Å². The van der Waals surface area contributed by atoms with Gasteiger partial charge in [0.1, 0.15) is 0 Å². The third kappa shape index (κ3) is 26.2. The van der Waals surface area contributed by atoms with Crippen molar-refractivity contribution in [2.75, 3.05) is 0 Å². The van der Waals surface area contributed by atoms with Gasteiger partial charge in [0.05, 0.1) is 22.8 Å². The van der Waals surface area contributed by atoms with Crippen molar-refractivity contribution in [3.05, 3.63) is 23.8 Å². The van der Waals surface area contributed by atoms with Crippen molar-refractivity contribution in [2.45, 2.75) is 316 Å². The summed E-state index contributed by atoms with van der Waals surface area (Å²) in [6.07, 6.45) is 50.8. The molecule has 0 unspecified atom stereocenters. The van der Waals surface area contributed by atoms with E-state index in [0.717, 1.165) is 0 Å². The Morgan fingerprint density at radius 1 is 0.276 bits per heavy atom. The van der Waals surface area contributed by atoms with Gasteiger partial charge in [0, 0.05) is 0 Å². The van der Waals surface area contributed by atoms with Crippen LogP contribution in [0.1, 0.15) is 278 Å². The van der Waals surface area contributed by atoms with E-state index in [0.29, 0.717) is 0 Å². The SMILES string of the molecule is CCCCCCCC[Si](CCCCCCCC)(CCCCCCCC)c1cc(CO)cc([Si](CCCCCCCC)(CCCCCCCC)CCCCCCCC)c1. The van der Waals surface area contributed by atoms with Gasteiger partial charge in [0.25, 0.3) is 0 Å². The molecule has 0 amide bonds. The van der Waals surface area contributed by atoms with Crippen LogP contribution in [0.3, 0.4) is 0 Å². The number of benzene rings is 1. The number of unbranched alkanes of at least 4 members (excludes halogenated alkanes) is 30. The minimum Gasteiger partial charge on any atom is -0.392 e. The molecule has 3 heteroatoms. The van der Waals surface area contributed by atoms with Gasteiger partial charge < -0.3 is 5.11 Å². The van der Waals surface area contributed by atoms with E-state index in [1.54, 1.807) is 0 Å². The smallest absolute Gasteiger partial charge is 0.0867 e. The predicted molar refractivity (Wildman–Crippen MR) is 272 cm³/mol. The highest BCUT2D eigenvalue weighted by Crippen LogP contribution is 2.34. The zero-order valence-corrected chi connectivity index (χ0v) is 43.1. The Kier molecular flexibility index (Phi) is 37.8. The van der Waals surface area contributed by atoms with Gasteiger partial charge in [-0.1, -0.05) is 338 Å². The summed E-state index contributed by atoms with van der Waals surface area (Å²) in [5, 5.41) is 14.8. The molecule has 1 rings (SSSR count). The van der Waals surface area contributed by atoms with Crippen molar-refractivity contribution in [3.63, 3.8) is 0 Å². The van der Waals surface area contributed by atoms with Crippen molar-refractivity contribution in [1.29, 1.82) is 0 Å². The molecule has 0 fully saturated rings. The molecule has 0 aliphatic rings. The van der Waals surface area contributed by atoms with Crippen LogP contribution in [0.4, 0.5) is 0 Å². The second-order valence-electron chi connectivity index (χ2n) is 19.7. The topological polar surface area (TPSA) is 20.2 Å². The number of aliphatic hydroxyl groups is 1. The van der Waals surface area contributed by atoms with E-state index in [1.807, 2.05) is 10.4 Å². The summed E-state index contributed by atoms with van der Waals surface area (Å²) in [5.74, 6) is 0. The maximum atomic E-state index is 11.1. The van der Waals surface area contributed by atoms with Crippen LogP contribution >= 0.6 is 0 Å². The zero-order chi connectivity index (χ0) is 42.3. The van der Waals surface area contributed by atoms with Gasteiger partial charge in [-0.05, 0) is 5.56 Å². The quantitative estimate of drug-likeness (QED) is 0.0512. The van der Waals surface area contributed by atoms with Gasteiger partial charge in [-0.3, -0.25) is 0 Å². The molecule has 1 aromatic carbocycles. The van der Waals surface area contributed by atoms with Gasteiger partial charge in [0.2, 0.25) is 0 Å². The van der Waals surface area contributed by atoms with Gasteiger partial charge >= 0.3 is 0 Å². The Morgan fingerprint density at radius 3 is 0.655 bits per heavy atom. The lowest BCUT2D eigenvalue weighted by molar-refractivity contribution is 0.282. The fourth-order valence-electron chi connectivity index (χ4n) is 10.5. The molecule has 58 heavy (non-hydrogen) atoms. The minimum absolute atomic E-state index is 0.228. The average molecular weight is 842 g/mol. The highest BCUT2D eigenvalue weighted by Gasteiger charge is 2.38. The van der Waals surface area contributed by atoms with E-state index < -0.39 is 16.1 Å². The average Bonchev–Trinajstić information content (AvgIpc) is 3.24. The van der Waals surface area contributed by atoms with E-state index in [2.05, 4.69) is 59.7 Å². The second kappa shape index (κ2) is 39.5. The first-order valence-corrected chi connectivity index (χ1v) is 32.5. The van der Waals surface area contributed by atoms with Crippen LogP contribution in [0.25, 0.3) is 0 Å². The van der Waals surface area contributed by atoms with E-state index in [9.17, 15) is 5.11 Å². The fraction of sp³-hybridized carbons (Fsp3) is 0.891. The lowest BCUT2D eigenvalue weighted by Crippen LogP contribution is -2.53. The predicted octanol–water partition coefficient (Wildman–Crippen LogP) is 18.7. The van der Waals surface area contributed by atoms with Crippen LogP contribution in [0.15, 0.2) is 18.2 Å². The summed E-state index contributed by atoms with van der Waals surface area (Å²) in [5.41, 5.74) is 1.28. The van der Waals surface area contributed by atoms with Gasteiger partial charge in [-0.25, -0.2) is 0 Å². The molecule has 0 heterocycles. The number of aliphatic hydroxyl groups excluding tert-OH is 1. The first kappa shape index (κ1) is 55.6. The summed E-state index contributed by atoms with van der Waals surface area (Å²) >= 11 is 0. The first-order valence-electron chi connectivity index (χ1n) is 27.3. The van der Waals surface area contributed by atoms with E-state index in [4.69, 9.17) is 0 Å². The Bertz CT molecular complexity index is 850. The molecule has 0 atom stereocenters. The van der Waals surface area contributed by atoms with Crippen molar-refractivity contribution in [2.24, 2.45) is 0 Å². The van der Waals surface area contributed by atoms with Gasteiger partial charge in [-0.2, -0.15) is 0 Å². The van der Waals surface area contributed by atoms with Crippen LogP contribution < -0.4 is 10.4 Å². The molecule has 1 aromatic rings. The maximum Gasteiger partial charge on any atom is 0.0867 e. The number of hydrogen-bond acceptors (Lipinski definition) is 1. The van der Waals surface area contributed by atoms with Crippen LogP contribution in [-0.2, 0) is 6.61 Å². The van der Waals surface area contributed by atoms with Crippen molar-refractivity contribution < 1.29 is 5.11 Å². The van der Waals surface area contributed by atoms with Crippen molar-refractivity contribution in [1.82, 2.24) is 0 Å². The minimum atomic E-state index is -1.78. The van der Waals surface area contributed by atoms with Crippen LogP contribution in [0, 0.1) is 0 Å². The molecular weight excluding hydrogens is 733 g/mol. The molecule has 0 saturated heterocycles. The number of rotatable bonds is 45. The molecule has 342 valence electrons. The van der Waals surface area contributed by atoms with E-state index in [-0.39, 0.29) is 6.61 Å². The van der Waals surface area contributed by atoms with Crippen LogP contribution in [0.5, 0.6) is 0 Å². The molecule has 1 nitrogen and oxygen atoms in total. The Morgan fingerprint density at radius 2 is 0.466 bits per heavy atom. The summed E-state index contributed by atoms with van der Waals surface area (Å²) in [4.78, 5) is 0. The maximum absolute atomic E-state index is 11.1. The molecule has 0 radical (unpaired) electrons. The third-order valence-electron chi connectivity index (χ3n) is 14.5. The highest BCUT2D eigenvalue weighted by molar-refractivity contribution is 6.94. The lowest BCUT2D eigenvalue weighted by Gasteiger charge is -2.38. The van der Waals surface area contributed by atoms with Gasteiger partial charge in [-0.15, -0.1) is 0 Å². The van der Waals surface area contributed by atoms with E-state index >= 15 is 0 Å². The second-order valence-corrected chi connectivity index (χ2v) is 29.0. The first-order chi connectivity index (χ1) is 28.5. The molecule has 0 aliphatic heterocycles. The summed E-state index contributed by atoms with van der Waals surface area (Å²) in [6.45, 7) is 14.4. The molecule has 0 bridgehead atoms. The molecule has 1 N–H and O–H groups in total. The fourth-order valence-corrected chi connectivity index (χ4v) is 21.3. The molecule has 0 saturated carbocycles.